The van der Waals surface area contributed by atoms with Crippen molar-refractivity contribution < 1.29 is 4.52 Å². The molecule has 0 radical (unpaired) electrons. The molecule has 0 bridgehead atoms. The minimum absolute atomic E-state index is 0.665. The molecule has 1 aromatic heterocycles. The highest BCUT2D eigenvalue weighted by Crippen LogP contribution is 2.26. The van der Waals surface area contributed by atoms with Crippen LogP contribution in [0.15, 0.2) is 10.9 Å². The summed E-state index contributed by atoms with van der Waals surface area (Å²) in [5, 5.41) is 7.08. The predicted molar refractivity (Wildman–Crippen MR) is 54.7 cm³/mol. The average molecular weight is 197 g/mol. The number of hydrogen-bond donors (Lipinski definition) is 1. The van der Waals surface area contributed by atoms with E-state index in [1.807, 2.05) is 13.8 Å². The highest BCUT2D eigenvalue weighted by atomic mass is 16.5. The first-order valence-corrected chi connectivity index (χ1v) is 5.33. The second-order valence-electron chi connectivity index (χ2n) is 3.50. The molecule has 0 aliphatic heterocycles. The average Bonchev–Trinajstić information content (AvgIpc) is 2.66. The lowest BCUT2D eigenvalue weighted by Gasteiger charge is -2.33. The van der Waals surface area contributed by atoms with E-state index in [1.54, 1.807) is 0 Å². The number of hydrogen-bond acceptors (Lipinski definition) is 4. The van der Waals surface area contributed by atoms with Crippen molar-refractivity contribution in [3.8, 4) is 0 Å². The first-order chi connectivity index (χ1) is 6.84. The van der Waals surface area contributed by atoms with Gasteiger partial charge in [0.1, 0.15) is 0 Å². The van der Waals surface area contributed by atoms with Gasteiger partial charge in [0.15, 0.2) is 5.82 Å². The summed E-state index contributed by atoms with van der Waals surface area (Å²) in [6, 6.07) is 0.665. The van der Waals surface area contributed by atoms with Crippen LogP contribution in [0, 0.1) is 5.92 Å². The van der Waals surface area contributed by atoms with Gasteiger partial charge in [-0.2, -0.15) is 4.98 Å². The van der Waals surface area contributed by atoms with E-state index in [0.29, 0.717) is 6.04 Å². The van der Waals surface area contributed by atoms with E-state index in [-0.39, 0.29) is 0 Å². The van der Waals surface area contributed by atoms with Crippen molar-refractivity contribution in [3.05, 3.63) is 12.2 Å². The first-order valence-electron chi connectivity index (χ1n) is 5.33. The fourth-order valence-corrected chi connectivity index (χ4v) is 1.57. The molecule has 4 nitrogen and oxygen atoms in total. The summed E-state index contributed by atoms with van der Waals surface area (Å²) < 4.78 is 4.62. The van der Waals surface area contributed by atoms with E-state index >= 15 is 0 Å². The molecule has 1 aliphatic rings. The lowest BCUT2D eigenvalue weighted by molar-refractivity contribution is 0.238. The Kier molecular flexibility index (Phi) is 4.59. The van der Waals surface area contributed by atoms with Gasteiger partial charge in [0.2, 0.25) is 6.39 Å². The Hall–Kier alpha value is -0.900. The van der Waals surface area contributed by atoms with Gasteiger partial charge in [-0.1, -0.05) is 25.9 Å². The summed E-state index contributed by atoms with van der Waals surface area (Å²) in [7, 11) is 0. The van der Waals surface area contributed by atoms with Crippen molar-refractivity contribution >= 4 is 0 Å². The third-order valence-electron chi connectivity index (χ3n) is 2.33. The molecule has 14 heavy (non-hydrogen) atoms. The lowest BCUT2D eigenvalue weighted by atomic mass is 9.82. The fourth-order valence-electron chi connectivity index (χ4n) is 1.57. The molecule has 1 N–H and O–H groups in total. The summed E-state index contributed by atoms with van der Waals surface area (Å²) in [4.78, 5) is 3.93. The topological polar surface area (TPSA) is 51.0 Å². The summed E-state index contributed by atoms with van der Waals surface area (Å²) in [5.41, 5.74) is 0. The van der Waals surface area contributed by atoms with Crippen LogP contribution in [0.5, 0.6) is 0 Å². The van der Waals surface area contributed by atoms with Gasteiger partial charge >= 0.3 is 0 Å². The summed E-state index contributed by atoms with van der Waals surface area (Å²) in [6.45, 7) is 7.00. The number of rotatable bonds is 3. The van der Waals surface area contributed by atoms with Gasteiger partial charge in [0, 0.05) is 6.04 Å². The molecule has 1 aromatic rings. The molecule has 1 fully saturated rings. The highest BCUT2D eigenvalue weighted by molar-refractivity contribution is 4.85. The molecule has 0 spiro atoms. The van der Waals surface area contributed by atoms with E-state index < -0.39 is 0 Å². The Morgan fingerprint density at radius 3 is 2.71 bits per heavy atom. The number of nitrogens with zero attached hydrogens (tertiary/aromatic N) is 2. The van der Waals surface area contributed by atoms with Crippen molar-refractivity contribution in [1.29, 1.82) is 0 Å². The number of nitrogens with one attached hydrogen (secondary N) is 1. The van der Waals surface area contributed by atoms with Gasteiger partial charge < -0.3 is 9.84 Å². The Bertz CT molecular complexity index is 230. The quantitative estimate of drug-likeness (QED) is 0.805. The standard InChI is InChI=1S/C8H13N3O.C2H6/c1-6-2-7(3-6)9-4-8-10-5-12-11-8;1-2/h5-7,9H,2-4H2,1H3;1-2H3. The SMILES string of the molecule is CC.CC1CC(NCc2ncon2)C1. The molecule has 0 amide bonds. The Balaban J connectivity index is 0.000000461. The second kappa shape index (κ2) is 5.75. The molecule has 4 heteroatoms. The van der Waals surface area contributed by atoms with Crippen molar-refractivity contribution in [3.63, 3.8) is 0 Å². The molecule has 1 heterocycles. The van der Waals surface area contributed by atoms with E-state index in [9.17, 15) is 0 Å². The van der Waals surface area contributed by atoms with Crippen LogP contribution in [0.4, 0.5) is 0 Å². The molecule has 2 rings (SSSR count). The molecular formula is C10H19N3O. The van der Waals surface area contributed by atoms with Crippen molar-refractivity contribution in [2.75, 3.05) is 0 Å². The Morgan fingerprint density at radius 1 is 1.50 bits per heavy atom. The lowest BCUT2D eigenvalue weighted by Crippen LogP contribution is -2.39. The summed E-state index contributed by atoms with van der Waals surface area (Å²) >= 11 is 0. The van der Waals surface area contributed by atoms with Gasteiger partial charge in [0.05, 0.1) is 6.54 Å². The van der Waals surface area contributed by atoms with Crippen LogP contribution in [0.25, 0.3) is 0 Å². The van der Waals surface area contributed by atoms with Crippen molar-refractivity contribution in [2.24, 2.45) is 5.92 Å². The zero-order valence-corrected chi connectivity index (χ0v) is 9.16. The van der Waals surface area contributed by atoms with Gasteiger partial charge in [-0.25, -0.2) is 0 Å². The normalized spacial score (nSPS) is 24.8. The smallest absolute Gasteiger partial charge is 0.213 e. The van der Waals surface area contributed by atoms with Gasteiger partial charge in [-0.3, -0.25) is 0 Å². The molecule has 0 atom stereocenters. The zero-order valence-electron chi connectivity index (χ0n) is 9.16. The minimum Gasteiger partial charge on any atom is -0.343 e. The van der Waals surface area contributed by atoms with Gasteiger partial charge in [0.25, 0.3) is 0 Å². The van der Waals surface area contributed by atoms with Crippen LogP contribution < -0.4 is 5.32 Å². The van der Waals surface area contributed by atoms with E-state index in [1.165, 1.54) is 19.2 Å². The molecule has 0 saturated heterocycles. The predicted octanol–water partition coefficient (Wildman–Crippen LogP) is 1.98. The molecule has 80 valence electrons. The van der Waals surface area contributed by atoms with Crippen LogP contribution in [0.2, 0.25) is 0 Å². The maximum absolute atomic E-state index is 4.62. The van der Waals surface area contributed by atoms with Crippen molar-refractivity contribution in [1.82, 2.24) is 15.5 Å². The third kappa shape index (κ3) is 3.10. The zero-order chi connectivity index (χ0) is 10.4. The largest absolute Gasteiger partial charge is 0.343 e. The van der Waals surface area contributed by atoms with E-state index in [0.717, 1.165) is 18.3 Å². The molecule has 0 unspecified atom stereocenters. The molecule has 1 saturated carbocycles. The maximum Gasteiger partial charge on any atom is 0.213 e. The van der Waals surface area contributed by atoms with Gasteiger partial charge in [-0.05, 0) is 18.8 Å². The monoisotopic (exact) mass is 197 g/mol. The number of aromatic nitrogens is 2. The van der Waals surface area contributed by atoms with Crippen molar-refractivity contribution in [2.45, 2.75) is 46.2 Å². The Morgan fingerprint density at radius 2 is 2.21 bits per heavy atom. The van der Waals surface area contributed by atoms with E-state index in [4.69, 9.17) is 0 Å². The third-order valence-corrected chi connectivity index (χ3v) is 2.33. The van der Waals surface area contributed by atoms with Crippen LogP contribution in [0.1, 0.15) is 39.4 Å². The van der Waals surface area contributed by atoms with E-state index in [2.05, 4.69) is 26.9 Å². The van der Waals surface area contributed by atoms with Gasteiger partial charge in [-0.15, -0.1) is 0 Å². The highest BCUT2D eigenvalue weighted by Gasteiger charge is 2.24. The summed E-state index contributed by atoms with van der Waals surface area (Å²) in [5.74, 6) is 1.63. The molecule has 0 aromatic carbocycles. The minimum atomic E-state index is 0.665. The maximum atomic E-state index is 4.62. The van der Waals surface area contributed by atoms with Crippen LogP contribution >= 0.6 is 0 Å². The fraction of sp³-hybridized carbons (Fsp3) is 0.800. The van der Waals surface area contributed by atoms with Crippen LogP contribution in [-0.2, 0) is 6.54 Å². The first kappa shape index (κ1) is 11.2. The second-order valence-corrected chi connectivity index (χ2v) is 3.50. The molecular weight excluding hydrogens is 178 g/mol. The van der Waals surface area contributed by atoms with Crippen LogP contribution in [-0.4, -0.2) is 16.2 Å². The molecule has 1 aliphatic carbocycles. The van der Waals surface area contributed by atoms with Crippen LogP contribution in [0.3, 0.4) is 0 Å². The summed E-state index contributed by atoms with van der Waals surface area (Å²) in [6.07, 6.45) is 3.91. The Labute approximate surface area is 85.1 Å².